The highest BCUT2D eigenvalue weighted by Crippen LogP contribution is 2.51. The summed E-state index contributed by atoms with van der Waals surface area (Å²) in [5.74, 6) is 1.28. The summed E-state index contributed by atoms with van der Waals surface area (Å²) in [5, 5.41) is 15.2. The van der Waals surface area contributed by atoms with Gasteiger partial charge in [-0.15, -0.1) is 0 Å². The van der Waals surface area contributed by atoms with Crippen molar-refractivity contribution in [2.24, 2.45) is 12.8 Å². The highest BCUT2D eigenvalue weighted by Gasteiger charge is 2.41. The third-order valence-electron chi connectivity index (χ3n) is 6.30. The lowest BCUT2D eigenvalue weighted by atomic mass is 9.83. The van der Waals surface area contributed by atoms with E-state index in [1.54, 1.807) is 17.1 Å². The molecule has 0 saturated heterocycles. The molecule has 2 N–H and O–H groups in total. The van der Waals surface area contributed by atoms with Gasteiger partial charge in [-0.25, -0.2) is 9.67 Å². The molecule has 1 saturated carbocycles. The minimum atomic E-state index is -0.447. The van der Waals surface area contributed by atoms with Crippen molar-refractivity contribution >= 4 is 11.6 Å². The first-order valence-corrected chi connectivity index (χ1v) is 11.3. The Morgan fingerprint density at radius 2 is 2.03 bits per heavy atom. The first-order chi connectivity index (χ1) is 16.6. The van der Waals surface area contributed by atoms with Gasteiger partial charge in [0.15, 0.2) is 5.82 Å². The highest BCUT2D eigenvalue weighted by molar-refractivity contribution is 6.31. The molecule has 6 rings (SSSR count). The van der Waals surface area contributed by atoms with Crippen LogP contribution in [0.3, 0.4) is 0 Å². The number of hydrogen-bond donors (Lipinski definition) is 1. The number of imidazole rings is 1. The van der Waals surface area contributed by atoms with Crippen molar-refractivity contribution in [1.29, 1.82) is 5.26 Å². The van der Waals surface area contributed by atoms with Crippen LogP contribution in [0, 0.1) is 11.3 Å². The molecule has 0 radical (unpaired) electrons. The van der Waals surface area contributed by atoms with Gasteiger partial charge < -0.3 is 10.5 Å². The molecule has 1 aliphatic carbocycles. The zero-order valence-electron chi connectivity index (χ0n) is 18.3. The van der Waals surface area contributed by atoms with Crippen LogP contribution in [0.25, 0.3) is 17.2 Å². The summed E-state index contributed by atoms with van der Waals surface area (Å²) >= 11 is 6.88. The Morgan fingerprint density at radius 3 is 2.74 bits per heavy atom. The van der Waals surface area contributed by atoms with Gasteiger partial charge in [0.1, 0.15) is 17.3 Å². The summed E-state index contributed by atoms with van der Waals surface area (Å²) in [7, 11) is 1.83. The van der Waals surface area contributed by atoms with Gasteiger partial charge >= 0.3 is 0 Å². The minimum absolute atomic E-state index is 0.0811. The lowest BCUT2D eigenvalue weighted by Gasteiger charge is -2.26. The van der Waals surface area contributed by atoms with Crippen LogP contribution in [0.2, 0.25) is 5.02 Å². The second kappa shape index (κ2) is 7.75. The van der Waals surface area contributed by atoms with Gasteiger partial charge in [0, 0.05) is 42.3 Å². The zero-order chi connectivity index (χ0) is 23.4. The van der Waals surface area contributed by atoms with Crippen LogP contribution >= 0.6 is 11.6 Å². The largest absolute Gasteiger partial charge is 0.422 e. The Morgan fingerprint density at radius 1 is 1.18 bits per heavy atom. The molecule has 3 aromatic heterocycles. The fourth-order valence-corrected chi connectivity index (χ4v) is 4.85. The lowest BCUT2D eigenvalue weighted by molar-refractivity contribution is 0.358. The van der Waals surface area contributed by atoms with Gasteiger partial charge in [-0.1, -0.05) is 23.7 Å². The molecule has 1 aliphatic heterocycles. The van der Waals surface area contributed by atoms with Crippen LogP contribution in [0.1, 0.15) is 41.5 Å². The Hall–Kier alpha value is -4.09. The Bertz CT molecular complexity index is 1490. The molecule has 9 heteroatoms. The van der Waals surface area contributed by atoms with E-state index in [2.05, 4.69) is 16.0 Å². The van der Waals surface area contributed by atoms with E-state index in [1.807, 2.05) is 54.2 Å². The highest BCUT2D eigenvalue weighted by atomic mass is 35.5. The number of nitrogens with two attached hydrogens (primary N) is 1. The van der Waals surface area contributed by atoms with Gasteiger partial charge in [-0.3, -0.25) is 9.55 Å². The molecule has 4 heterocycles. The molecule has 1 aromatic carbocycles. The van der Waals surface area contributed by atoms with Crippen LogP contribution < -0.4 is 10.5 Å². The van der Waals surface area contributed by atoms with Crippen molar-refractivity contribution in [2.75, 3.05) is 0 Å². The van der Waals surface area contributed by atoms with Crippen molar-refractivity contribution < 1.29 is 4.74 Å². The molecular formula is C25H20ClN7O. The fraction of sp³-hybridized carbons (Fsp3) is 0.200. The monoisotopic (exact) mass is 469 g/mol. The predicted molar refractivity (Wildman–Crippen MR) is 126 cm³/mol. The van der Waals surface area contributed by atoms with Crippen LogP contribution in [-0.4, -0.2) is 24.3 Å². The van der Waals surface area contributed by atoms with Crippen LogP contribution in [0.4, 0.5) is 0 Å². The number of rotatable bonds is 4. The number of nitrogens with zero attached hydrogens (tertiary/aromatic N) is 6. The summed E-state index contributed by atoms with van der Waals surface area (Å²) in [6, 6.07) is 13.7. The van der Waals surface area contributed by atoms with E-state index in [9.17, 15) is 5.26 Å². The second-order valence-corrected chi connectivity index (χ2v) is 8.88. The Kier molecular flexibility index (Phi) is 4.67. The SMILES string of the molecule is Cn1nc(C2CC2)c2c1OC(N)=C(C#N)C2c1ccc(-n2ccnc2-c2ccccn2)cc1Cl. The summed E-state index contributed by atoms with van der Waals surface area (Å²) in [5.41, 5.74) is 10.7. The van der Waals surface area contributed by atoms with Crippen LogP contribution in [0.5, 0.6) is 5.88 Å². The molecule has 0 spiro atoms. The van der Waals surface area contributed by atoms with E-state index in [-0.39, 0.29) is 5.88 Å². The third kappa shape index (κ3) is 3.17. The van der Waals surface area contributed by atoms with Crippen molar-refractivity contribution in [3.63, 3.8) is 0 Å². The van der Waals surface area contributed by atoms with Gasteiger partial charge in [0.05, 0.1) is 17.2 Å². The standard InChI is InChI=1S/C25H20ClN7O/c1-32-25-21(22(31-32)14-5-6-14)20(17(13-27)23(28)34-25)16-8-7-15(12-18(16)26)33-11-10-30-24(33)19-4-2-3-9-29-19/h2-4,7-12,14,20H,5-6,28H2,1H3. The molecule has 1 unspecified atom stereocenters. The average molecular weight is 470 g/mol. The number of halogens is 1. The van der Waals surface area contributed by atoms with Crippen LogP contribution in [0.15, 0.2) is 66.4 Å². The molecule has 168 valence electrons. The number of aryl methyl sites for hydroxylation is 1. The second-order valence-electron chi connectivity index (χ2n) is 8.47. The van der Waals surface area contributed by atoms with Gasteiger partial charge in [0.25, 0.3) is 0 Å². The van der Waals surface area contributed by atoms with Crippen molar-refractivity contribution in [2.45, 2.75) is 24.7 Å². The molecular weight excluding hydrogens is 450 g/mol. The average Bonchev–Trinajstić information content (AvgIpc) is 3.48. The van der Waals surface area contributed by atoms with E-state index in [0.717, 1.165) is 41.0 Å². The van der Waals surface area contributed by atoms with Crippen molar-refractivity contribution in [1.82, 2.24) is 24.3 Å². The van der Waals surface area contributed by atoms with E-state index in [0.29, 0.717) is 28.2 Å². The normalized spacial score (nSPS) is 17.3. The summed E-state index contributed by atoms with van der Waals surface area (Å²) in [6.45, 7) is 0. The molecule has 1 atom stereocenters. The number of nitriles is 1. The minimum Gasteiger partial charge on any atom is -0.422 e. The van der Waals surface area contributed by atoms with Gasteiger partial charge in [0.2, 0.25) is 11.8 Å². The van der Waals surface area contributed by atoms with E-state index < -0.39 is 5.92 Å². The third-order valence-corrected chi connectivity index (χ3v) is 6.63. The number of aromatic nitrogens is 5. The van der Waals surface area contributed by atoms with Gasteiger partial charge in [-0.2, -0.15) is 10.4 Å². The molecule has 8 nitrogen and oxygen atoms in total. The van der Waals surface area contributed by atoms with Gasteiger partial charge in [-0.05, 0) is 42.7 Å². The number of fused-ring (bicyclic) bond motifs is 1. The summed E-state index contributed by atoms with van der Waals surface area (Å²) in [6.07, 6.45) is 7.47. The number of pyridine rings is 1. The molecule has 1 fully saturated rings. The first-order valence-electron chi connectivity index (χ1n) is 11.0. The smallest absolute Gasteiger partial charge is 0.224 e. The number of benzene rings is 1. The summed E-state index contributed by atoms with van der Waals surface area (Å²) < 4.78 is 9.47. The number of hydrogen-bond acceptors (Lipinski definition) is 6. The zero-order valence-corrected chi connectivity index (χ0v) is 19.1. The number of ether oxygens (including phenoxy) is 1. The quantitative estimate of drug-likeness (QED) is 0.474. The Labute approximate surface area is 200 Å². The molecule has 2 aliphatic rings. The summed E-state index contributed by atoms with van der Waals surface area (Å²) in [4.78, 5) is 8.89. The van der Waals surface area contributed by atoms with Crippen LogP contribution in [-0.2, 0) is 7.05 Å². The molecule has 34 heavy (non-hydrogen) atoms. The van der Waals surface area contributed by atoms with E-state index in [1.165, 1.54) is 0 Å². The first kappa shape index (κ1) is 20.5. The number of allylic oxidation sites excluding steroid dienone is 1. The van der Waals surface area contributed by atoms with E-state index >= 15 is 0 Å². The van der Waals surface area contributed by atoms with E-state index in [4.69, 9.17) is 27.2 Å². The molecule has 0 bridgehead atoms. The Balaban J connectivity index is 1.48. The maximum Gasteiger partial charge on any atom is 0.224 e. The van der Waals surface area contributed by atoms with Crippen molar-refractivity contribution in [3.8, 4) is 29.2 Å². The molecule has 0 amide bonds. The lowest BCUT2D eigenvalue weighted by Crippen LogP contribution is -2.22. The maximum absolute atomic E-state index is 9.97. The van der Waals surface area contributed by atoms with Crippen molar-refractivity contribution in [3.05, 3.63) is 88.3 Å². The fourth-order valence-electron chi connectivity index (χ4n) is 4.57. The topological polar surface area (TPSA) is 108 Å². The molecule has 4 aromatic rings. The predicted octanol–water partition coefficient (Wildman–Crippen LogP) is 4.42. The maximum atomic E-state index is 9.97.